The molecule has 176 valence electrons. The molecular formula is C26H26N2O5S. The van der Waals surface area contributed by atoms with Crippen LogP contribution in [0, 0.1) is 0 Å². The first-order valence-electron chi connectivity index (χ1n) is 11.4. The minimum absolute atomic E-state index is 0.126. The van der Waals surface area contributed by atoms with Crippen LogP contribution in [0.15, 0.2) is 77.7 Å². The smallest absolute Gasteiger partial charge is 0.265 e. The molecule has 3 aromatic rings. The van der Waals surface area contributed by atoms with Crippen LogP contribution >= 0.6 is 0 Å². The van der Waals surface area contributed by atoms with E-state index in [4.69, 9.17) is 9.47 Å². The number of hydrogen-bond acceptors (Lipinski definition) is 5. The van der Waals surface area contributed by atoms with Gasteiger partial charge in [0.25, 0.3) is 5.91 Å². The average molecular weight is 479 g/mol. The van der Waals surface area contributed by atoms with Crippen molar-refractivity contribution in [2.24, 2.45) is 0 Å². The Morgan fingerprint density at radius 1 is 0.941 bits per heavy atom. The van der Waals surface area contributed by atoms with E-state index in [-0.39, 0.29) is 16.5 Å². The molecule has 0 aliphatic carbocycles. The van der Waals surface area contributed by atoms with Gasteiger partial charge in [-0.05, 0) is 54.8 Å². The quantitative estimate of drug-likeness (QED) is 0.560. The van der Waals surface area contributed by atoms with E-state index in [2.05, 4.69) is 5.32 Å². The Kier molecular flexibility index (Phi) is 6.26. The second-order valence-corrected chi connectivity index (χ2v) is 10.4. The van der Waals surface area contributed by atoms with Crippen molar-refractivity contribution >= 4 is 21.6 Å². The normalized spacial score (nSPS) is 18.1. The molecule has 0 aromatic heterocycles. The highest BCUT2D eigenvalue weighted by Crippen LogP contribution is 2.34. The number of sulfonamides is 1. The molecule has 34 heavy (non-hydrogen) atoms. The van der Waals surface area contributed by atoms with Gasteiger partial charge in [-0.1, -0.05) is 42.8 Å². The predicted molar refractivity (Wildman–Crippen MR) is 129 cm³/mol. The van der Waals surface area contributed by atoms with Crippen molar-refractivity contribution < 1.29 is 22.7 Å². The largest absolute Gasteiger partial charge is 0.480 e. The van der Waals surface area contributed by atoms with Crippen LogP contribution in [-0.2, 0) is 21.2 Å². The first kappa shape index (κ1) is 22.4. The Hall–Kier alpha value is -3.36. The number of carbonyl (C=O) groups is 1. The number of nitrogens with zero attached hydrogens (tertiary/aromatic N) is 1. The van der Waals surface area contributed by atoms with Crippen LogP contribution in [0.25, 0.3) is 0 Å². The van der Waals surface area contributed by atoms with Crippen molar-refractivity contribution in [1.29, 1.82) is 0 Å². The summed E-state index contributed by atoms with van der Waals surface area (Å²) in [6.07, 6.45) is 2.46. The summed E-state index contributed by atoms with van der Waals surface area (Å²) in [6.45, 7) is 1.00. The molecular weight excluding hydrogens is 452 g/mol. The molecule has 1 atom stereocenters. The zero-order chi connectivity index (χ0) is 23.5. The standard InChI is InChI=1S/C26H26N2O5S/c29-26(25-17-19-9-5-6-12-23(19)33-25)27-22-18-21(34(30,31)28-15-7-2-8-16-28)13-14-24(22)32-20-10-3-1-4-11-20/h1,3-6,9-14,18,25H,2,7-8,15-17H2,(H,27,29)/t25-/m0/s1. The number of anilines is 1. The molecule has 0 radical (unpaired) electrons. The van der Waals surface area contributed by atoms with E-state index < -0.39 is 16.1 Å². The van der Waals surface area contributed by atoms with E-state index in [0.29, 0.717) is 36.8 Å². The fourth-order valence-electron chi connectivity index (χ4n) is 4.27. The van der Waals surface area contributed by atoms with Crippen molar-refractivity contribution in [3.05, 3.63) is 78.4 Å². The van der Waals surface area contributed by atoms with Crippen LogP contribution < -0.4 is 14.8 Å². The molecule has 2 heterocycles. The molecule has 2 aliphatic heterocycles. The molecule has 0 spiro atoms. The molecule has 0 unspecified atom stereocenters. The average Bonchev–Trinajstić information content (AvgIpc) is 3.31. The maximum absolute atomic E-state index is 13.2. The van der Waals surface area contributed by atoms with Gasteiger partial charge in [-0.15, -0.1) is 0 Å². The maximum Gasteiger partial charge on any atom is 0.265 e. The number of amides is 1. The fourth-order valence-corrected chi connectivity index (χ4v) is 5.81. The summed E-state index contributed by atoms with van der Waals surface area (Å²) >= 11 is 0. The number of carbonyl (C=O) groups excluding carboxylic acids is 1. The van der Waals surface area contributed by atoms with Crippen LogP contribution in [0.1, 0.15) is 24.8 Å². The summed E-state index contributed by atoms with van der Waals surface area (Å²) in [5, 5.41) is 2.85. The molecule has 1 N–H and O–H groups in total. The number of benzene rings is 3. The minimum Gasteiger partial charge on any atom is -0.480 e. The minimum atomic E-state index is -3.68. The van der Waals surface area contributed by atoms with Gasteiger partial charge in [0.1, 0.15) is 11.5 Å². The van der Waals surface area contributed by atoms with Gasteiger partial charge in [0.15, 0.2) is 11.9 Å². The van der Waals surface area contributed by atoms with Crippen LogP contribution in [-0.4, -0.2) is 37.8 Å². The lowest BCUT2D eigenvalue weighted by Crippen LogP contribution is -2.35. The molecule has 0 bridgehead atoms. The zero-order valence-corrected chi connectivity index (χ0v) is 19.5. The fraction of sp³-hybridized carbons (Fsp3) is 0.269. The second kappa shape index (κ2) is 9.48. The second-order valence-electron chi connectivity index (χ2n) is 8.45. The lowest BCUT2D eigenvalue weighted by molar-refractivity contribution is -0.122. The van der Waals surface area contributed by atoms with Crippen molar-refractivity contribution in [1.82, 2.24) is 4.31 Å². The molecule has 1 saturated heterocycles. The highest BCUT2D eigenvalue weighted by atomic mass is 32.2. The van der Waals surface area contributed by atoms with E-state index in [1.165, 1.54) is 16.4 Å². The van der Waals surface area contributed by atoms with E-state index in [1.807, 2.05) is 42.5 Å². The molecule has 5 rings (SSSR count). The van der Waals surface area contributed by atoms with E-state index in [0.717, 1.165) is 24.8 Å². The number of rotatable bonds is 6. The molecule has 0 saturated carbocycles. The molecule has 3 aromatic carbocycles. The number of piperidine rings is 1. The predicted octanol–water partition coefficient (Wildman–Crippen LogP) is 4.60. The Bertz CT molecular complexity index is 1260. The highest BCUT2D eigenvalue weighted by Gasteiger charge is 2.31. The van der Waals surface area contributed by atoms with Gasteiger partial charge in [-0.2, -0.15) is 4.31 Å². The summed E-state index contributed by atoms with van der Waals surface area (Å²) in [5.74, 6) is 1.26. The van der Waals surface area contributed by atoms with Crippen molar-refractivity contribution in [2.45, 2.75) is 36.7 Å². The monoisotopic (exact) mass is 478 g/mol. The van der Waals surface area contributed by atoms with Gasteiger partial charge in [-0.3, -0.25) is 4.79 Å². The first-order valence-corrected chi connectivity index (χ1v) is 12.9. The summed E-state index contributed by atoms with van der Waals surface area (Å²) in [4.78, 5) is 13.2. The number of ether oxygens (including phenoxy) is 2. The maximum atomic E-state index is 13.2. The van der Waals surface area contributed by atoms with Gasteiger partial charge in [0.05, 0.1) is 10.6 Å². The Morgan fingerprint density at radius 2 is 1.68 bits per heavy atom. The van der Waals surface area contributed by atoms with Gasteiger partial charge in [0.2, 0.25) is 10.0 Å². The molecule has 8 heteroatoms. The number of fused-ring (bicyclic) bond motifs is 1. The molecule has 7 nitrogen and oxygen atoms in total. The van der Waals surface area contributed by atoms with Crippen LogP contribution in [0.5, 0.6) is 17.2 Å². The van der Waals surface area contributed by atoms with Crippen LogP contribution in [0.4, 0.5) is 5.69 Å². The third kappa shape index (κ3) is 4.64. The summed E-state index contributed by atoms with van der Waals surface area (Å²) in [6, 6.07) is 21.3. The van der Waals surface area contributed by atoms with E-state index >= 15 is 0 Å². The number of para-hydroxylation sites is 2. The Morgan fingerprint density at radius 3 is 2.44 bits per heavy atom. The van der Waals surface area contributed by atoms with Gasteiger partial charge < -0.3 is 14.8 Å². The highest BCUT2D eigenvalue weighted by molar-refractivity contribution is 7.89. The summed E-state index contributed by atoms with van der Waals surface area (Å²) < 4.78 is 39.8. The van der Waals surface area contributed by atoms with Crippen molar-refractivity contribution in [2.75, 3.05) is 18.4 Å². The lowest BCUT2D eigenvalue weighted by atomic mass is 10.1. The number of nitrogens with one attached hydrogen (secondary N) is 1. The van der Waals surface area contributed by atoms with Crippen molar-refractivity contribution in [3.8, 4) is 17.2 Å². The van der Waals surface area contributed by atoms with Gasteiger partial charge in [0, 0.05) is 19.5 Å². The van der Waals surface area contributed by atoms with Crippen LogP contribution in [0.3, 0.4) is 0 Å². The Balaban J connectivity index is 1.44. The SMILES string of the molecule is O=C(Nc1cc(S(=O)(=O)N2CCCCC2)ccc1Oc1ccccc1)[C@@H]1Cc2ccccc2O1. The topological polar surface area (TPSA) is 84.9 Å². The molecule has 1 fully saturated rings. The molecule has 1 amide bonds. The molecule has 2 aliphatic rings. The van der Waals surface area contributed by atoms with Crippen molar-refractivity contribution in [3.63, 3.8) is 0 Å². The Labute approximate surface area is 199 Å². The van der Waals surface area contributed by atoms with Gasteiger partial charge >= 0.3 is 0 Å². The van der Waals surface area contributed by atoms with Crippen LogP contribution in [0.2, 0.25) is 0 Å². The zero-order valence-electron chi connectivity index (χ0n) is 18.6. The third-order valence-corrected chi connectivity index (χ3v) is 7.97. The van der Waals surface area contributed by atoms with E-state index in [1.54, 1.807) is 18.2 Å². The lowest BCUT2D eigenvalue weighted by Gasteiger charge is -2.26. The van der Waals surface area contributed by atoms with Gasteiger partial charge in [-0.25, -0.2) is 8.42 Å². The summed E-state index contributed by atoms with van der Waals surface area (Å²) in [7, 11) is -3.68. The first-order chi connectivity index (χ1) is 16.5. The number of hydrogen-bond donors (Lipinski definition) is 1. The van der Waals surface area contributed by atoms with E-state index in [9.17, 15) is 13.2 Å². The third-order valence-electron chi connectivity index (χ3n) is 6.07. The summed E-state index contributed by atoms with van der Waals surface area (Å²) in [5.41, 5.74) is 1.25.